The Hall–Kier alpha value is -3.22. The maximum Gasteiger partial charge on any atom is 0.240 e. The van der Waals surface area contributed by atoms with Crippen molar-refractivity contribution in [2.24, 2.45) is 5.73 Å². The Balaban J connectivity index is 2.02. The van der Waals surface area contributed by atoms with Crippen molar-refractivity contribution < 1.29 is 14.0 Å². The van der Waals surface area contributed by atoms with Gasteiger partial charge in [0.1, 0.15) is 11.5 Å². The van der Waals surface area contributed by atoms with Gasteiger partial charge in [0.25, 0.3) is 0 Å². The van der Waals surface area contributed by atoms with Gasteiger partial charge in [0.15, 0.2) is 8.32 Å². The van der Waals surface area contributed by atoms with Gasteiger partial charge in [0, 0.05) is 6.61 Å². The smallest absolute Gasteiger partial charge is 0.240 e. The highest BCUT2D eigenvalue weighted by Gasteiger charge is 2.45. The molecule has 190 valence electrons. The minimum absolute atomic E-state index is 0.0432. The first kappa shape index (κ1) is 27.4. The predicted molar refractivity (Wildman–Crippen MR) is 148 cm³/mol. The van der Waals surface area contributed by atoms with E-state index in [0.29, 0.717) is 13.0 Å². The summed E-state index contributed by atoms with van der Waals surface area (Å²) in [4.78, 5) is 26.8. The molecule has 0 aliphatic heterocycles. The third kappa shape index (κ3) is 5.77. The molecule has 0 heterocycles. The van der Waals surface area contributed by atoms with Gasteiger partial charge in [-0.1, -0.05) is 112 Å². The number of nitrogens with two attached hydrogens (primary N) is 1. The van der Waals surface area contributed by atoms with E-state index in [0.717, 1.165) is 16.7 Å². The molecule has 0 radical (unpaired) electrons. The van der Waals surface area contributed by atoms with Crippen molar-refractivity contribution >= 4 is 20.1 Å². The van der Waals surface area contributed by atoms with Crippen LogP contribution in [-0.2, 0) is 19.4 Å². The molecule has 1 atom stereocenters. The normalized spacial score (nSPS) is 13.1. The third-order valence-corrected chi connectivity index (χ3v) is 11.8. The summed E-state index contributed by atoms with van der Waals surface area (Å²) in [5.41, 5.74) is 7.03. The highest BCUT2D eigenvalue weighted by atomic mass is 28.4. The van der Waals surface area contributed by atoms with Gasteiger partial charge in [0.2, 0.25) is 11.8 Å². The summed E-state index contributed by atoms with van der Waals surface area (Å²) in [5, 5.41) is 3.04. The van der Waals surface area contributed by atoms with Crippen molar-refractivity contribution in [1.82, 2.24) is 5.32 Å². The van der Waals surface area contributed by atoms with Crippen LogP contribution >= 0.6 is 0 Å². The fraction of sp³-hybridized carbons (Fsp3) is 0.333. The highest BCUT2D eigenvalue weighted by molar-refractivity contribution is 6.74. The molecule has 0 aliphatic carbocycles. The number of carbonyl (C=O) groups is 2. The van der Waals surface area contributed by atoms with E-state index in [1.54, 1.807) is 0 Å². The Morgan fingerprint density at radius 2 is 1.19 bits per heavy atom. The summed E-state index contributed by atoms with van der Waals surface area (Å²) in [6.45, 7) is 11.2. The predicted octanol–water partition coefficient (Wildman–Crippen LogP) is 5.40. The Kier molecular flexibility index (Phi) is 8.53. The standard InChI is InChI=1S/C30H38N2O3Si/c1-29(2,3)36(4,5)35-22-21-26(27(31)33)32-28(34)30(23-15-9-6-10-16-23,24-17-11-7-12-18-24)25-19-13-8-14-20-25/h6-20,26H,21-22H2,1-5H3,(H2,31,33)(H,32,34)/t26-/m0/s1. The first-order chi connectivity index (χ1) is 17.0. The molecule has 3 rings (SSSR count). The molecule has 3 aromatic carbocycles. The summed E-state index contributed by atoms with van der Waals surface area (Å²) >= 11 is 0. The number of carbonyl (C=O) groups excluding carboxylic acids is 2. The van der Waals surface area contributed by atoms with Crippen LogP contribution in [0.1, 0.15) is 43.9 Å². The van der Waals surface area contributed by atoms with E-state index in [9.17, 15) is 9.59 Å². The van der Waals surface area contributed by atoms with Crippen LogP contribution in [0.15, 0.2) is 91.0 Å². The number of hydrogen-bond acceptors (Lipinski definition) is 3. The van der Waals surface area contributed by atoms with Gasteiger partial charge >= 0.3 is 0 Å². The monoisotopic (exact) mass is 502 g/mol. The number of hydrogen-bond donors (Lipinski definition) is 2. The third-order valence-electron chi connectivity index (χ3n) is 7.29. The topological polar surface area (TPSA) is 81.4 Å². The highest BCUT2D eigenvalue weighted by Crippen LogP contribution is 2.40. The van der Waals surface area contributed by atoms with Crippen LogP contribution in [0, 0.1) is 0 Å². The lowest BCUT2D eigenvalue weighted by molar-refractivity contribution is -0.129. The molecule has 0 bridgehead atoms. The molecule has 0 saturated heterocycles. The fourth-order valence-corrected chi connectivity index (χ4v) is 5.22. The van der Waals surface area contributed by atoms with Crippen LogP contribution < -0.4 is 11.1 Å². The van der Waals surface area contributed by atoms with E-state index in [1.165, 1.54) is 0 Å². The molecule has 0 aromatic heterocycles. The molecule has 0 fully saturated rings. The van der Waals surface area contributed by atoms with Gasteiger partial charge in [0.05, 0.1) is 0 Å². The minimum Gasteiger partial charge on any atom is -0.417 e. The number of amides is 2. The van der Waals surface area contributed by atoms with Crippen LogP contribution in [0.2, 0.25) is 18.1 Å². The molecule has 2 amide bonds. The molecule has 5 nitrogen and oxygen atoms in total. The summed E-state index contributed by atoms with van der Waals surface area (Å²) < 4.78 is 6.28. The fourth-order valence-electron chi connectivity index (χ4n) is 4.16. The van der Waals surface area contributed by atoms with Gasteiger partial charge in [-0.25, -0.2) is 0 Å². The Bertz CT molecular complexity index is 1050. The molecule has 3 aromatic rings. The maximum atomic E-state index is 14.3. The SMILES string of the molecule is CC(C)(C)[Si](C)(C)OCC[C@H](NC(=O)C(c1ccccc1)(c1ccccc1)c1ccccc1)C(N)=O. The zero-order chi connectivity index (χ0) is 26.4. The van der Waals surface area contributed by atoms with Crippen molar-refractivity contribution in [1.29, 1.82) is 0 Å². The molecule has 36 heavy (non-hydrogen) atoms. The van der Waals surface area contributed by atoms with Crippen molar-refractivity contribution in [2.75, 3.05) is 6.61 Å². The van der Waals surface area contributed by atoms with E-state index in [1.807, 2.05) is 91.0 Å². The van der Waals surface area contributed by atoms with Crippen molar-refractivity contribution in [3.05, 3.63) is 108 Å². The van der Waals surface area contributed by atoms with Crippen molar-refractivity contribution in [3.63, 3.8) is 0 Å². The van der Waals surface area contributed by atoms with E-state index in [4.69, 9.17) is 10.2 Å². The van der Waals surface area contributed by atoms with Crippen molar-refractivity contribution in [3.8, 4) is 0 Å². The lowest BCUT2D eigenvalue weighted by Crippen LogP contribution is -2.54. The van der Waals surface area contributed by atoms with Gasteiger partial charge in [-0.2, -0.15) is 0 Å². The average Bonchev–Trinajstić information content (AvgIpc) is 2.85. The zero-order valence-electron chi connectivity index (χ0n) is 22.0. The Morgan fingerprint density at radius 1 is 0.806 bits per heavy atom. The number of primary amides is 1. The average molecular weight is 503 g/mol. The number of rotatable bonds is 10. The Morgan fingerprint density at radius 3 is 1.53 bits per heavy atom. The molecule has 0 saturated carbocycles. The molecular formula is C30H38N2O3Si. The van der Waals surface area contributed by atoms with E-state index >= 15 is 0 Å². The van der Waals surface area contributed by atoms with Gasteiger partial charge < -0.3 is 15.5 Å². The summed E-state index contributed by atoms with van der Waals surface area (Å²) in [7, 11) is -2.01. The lowest BCUT2D eigenvalue weighted by atomic mass is 9.68. The molecule has 0 unspecified atom stereocenters. The van der Waals surface area contributed by atoms with Gasteiger partial charge in [-0.05, 0) is 41.2 Å². The lowest BCUT2D eigenvalue weighted by Gasteiger charge is -2.37. The van der Waals surface area contributed by atoms with Crippen LogP contribution in [0.25, 0.3) is 0 Å². The second kappa shape index (κ2) is 11.2. The van der Waals surface area contributed by atoms with E-state index in [-0.39, 0.29) is 10.9 Å². The molecule has 3 N–H and O–H groups in total. The second-order valence-corrected chi connectivity index (χ2v) is 15.5. The van der Waals surface area contributed by atoms with E-state index < -0.39 is 25.7 Å². The minimum atomic E-state index is -2.01. The summed E-state index contributed by atoms with van der Waals surface area (Å²) in [6, 6.07) is 28.1. The first-order valence-corrected chi connectivity index (χ1v) is 15.3. The summed E-state index contributed by atoms with van der Waals surface area (Å²) in [5.74, 6) is -0.882. The largest absolute Gasteiger partial charge is 0.417 e. The molecule has 6 heteroatoms. The quantitative estimate of drug-likeness (QED) is 0.288. The zero-order valence-corrected chi connectivity index (χ0v) is 23.0. The van der Waals surface area contributed by atoms with Crippen LogP contribution in [0.4, 0.5) is 0 Å². The molecule has 0 spiro atoms. The van der Waals surface area contributed by atoms with Crippen molar-refractivity contribution in [2.45, 2.75) is 56.8 Å². The number of benzene rings is 3. The maximum absolute atomic E-state index is 14.3. The van der Waals surface area contributed by atoms with Crippen LogP contribution in [0.3, 0.4) is 0 Å². The molecule has 0 aliphatic rings. The van der Waals surface area contributed by atoms with Gasteiger partial charge in [-0.3, -0.25) is 9.59 Å². The van der Waals surface area contributed by atoms with E-state index in [2.05, 4.69) is 39.2 Å². The second-order valence-electron chi connectivity index (χ2n) is 10.7. The first-order valence-electron chi connectivity index (χ1n) is 12.4. The Labute approximate surface area is 216 Å². The summed E-state index contributed by atoms with van der Waals surface area (Å²) in [6.07, 6.45) is 0.308. The van der Waals surface area contributed by atoms with Gasteiger partial charge in [-0.15, -0.1) is 0 Å². The van der Waals surface area contributed by atoms with Crippen LogP contribution in [-0.4, -0.2) is 32.8 Å². The van der Waals surface area contributed by atoms with Crippen LogP contribution in [0.5, 0.6) is 0 Å². The number of nitrogens with one attached hydrogen (secondary N) is 1. The molecular weight excluding hydrogens is 464 g/mol.